The van der Waals surface area contributed by atoms with Crippen LogP contribution in [0.4, 0.5) is 0 Å². The maximum atomic E-state index is 6.10. The van der Waals surface area contributed by atoms with Crippen molar-refractivity contribution in [1.29, 1.82) is 0 Å². The van der Waals surface area contributed by atoms with Crippen molar-refractivity contribution in [3.63, 3.8) is 0 Å². The fourth-order valence-corrected chi connectivity index (χ4v) is 2.59. The summed E-state index contributed by atoms with van der Waals surface area (Å²) in [6.07, 6.45) is 2.76. The summed E-state index contributed by atoms with van der Waals surface area (Å²) in [7, 11) is 4.84. The summed E-state index contributed by atoms with van der Waals surface area (Å²) >= 11 is 0. The van der Waals surface area contributed by atoms with Crippen molar-refractivity contribution in [2.75, 3.05) is 21.3 Å². The molecule has 0 atom stereocenters. The van der Waals surface area contributed by atoms with Crippen molar-refractivity contribution in [2.45, 2.75) is 6.42 Å². The molecule has 0 fully saturated rings. The predicted octanol–water partition coefficient (Wildman–Crippen LogP) is 3.69. The highest BCUT2D eigenvalue weighted by Gasteiger charge is 2.25. The molecule has 0 aliphatic carbocycles. The van der Waals surface area contributed by atoms with E-state index in [4.69, 9.17) is 18.9 Å². The smallest absolute Gasteiger partial charge is 0.204 e. The van der Waals surface area contributed by atoms with E-state index in [1.165, 1.54) is 0 Å². The molecule has 0 amide bonds. The van der Waals surface area contributed by atoms with Crippen molar-refractivity contribution in [1.82, 2.24) is 0 Å². The number of methoxy groups -OCH3 is 3. The minimum absolute atomic E-state index is 0.583. The molecule has 0 N–H and O–H groups in total. The molecule has 0 saturated carbocycles. The molecular formula is C18H18O4. The molecule has 0 bridgehead atoms. The Hall–Kier alpha value is -2.62. The summed E-state index contributed by atoms with van der Waals surface area (Å²) in [5.74, 6) is 3.37. The van der Waals surface area contributed by atoms with E-state index in [0.29, 0.717) is 23.7 Å². The fraction of sp³-hybridized carbons (Fsp3) is 0.222. The van der Waals surface area contributed by atoms with Crippen LogP contribution in [0.15, 0.2) is 42.5 Å². The standard InChI is InChI=1S/C18H18O4/c1-19-15-11-16(20-2)18(21-3)17-13(15)9-10-14(22-17)12-7-5-4-6-8-12/h4-8,10-11H,9H2,1-3H3. The molecular weight excluding hydrogens is 280 g/mol. The SMILES string of the molecule is COc1cc(OC)c(OC)c2c1CC=C(c1ccccc1)O2. The molecule has 0 spiro atoms. The van der Waals surface area contributed by atoms with E-state index in [9.17, 15) is 0 Å². The van der Waals surface area contributed by atoms with E-state index in [-0.39, 0.29) is 0 Å². The maximum Gasteiger partial charge on any atom is 0.204 e. The summed E-state index contributed by atoms with van der Waals surface area (Å²) in [4.78, 5) is 0. The lowest BCUT2D eigenvalue weighted by Gasteiger charge is -2.24. The van der Waals surface area contributed by atoms with E-state index in [1.54, 1.807) is 21.3 Å². The van der Waals surface area contributed by atoms with Crippen LogP contribution in [0, 0.1) is 0 Å². The Bertz CT molecular complexity index is 705. The van der Waals surface area contributed by atoms with Crippen LogP contribution in [-0.4, -0.2) is 21.3 Å². The van der Waals surface area contributed by atoms with Crippen LogP contribution in [0.5, 0.6) is 23.0 Å². The van der Waals surface area contributed by atoms with Gasteiger partial charge in [-0.3, -0.25) is 0 Å². The molecule has 1 aliphatic rings. The second-order valence-corrected chi connectivity index (χ2v) is 4.86. The Morgan fingerprint density at radius 3 is 2.27 bits per heavy atom. The van der Waals surface area contributed by atoms with Gasteiger partial charge in [-0.25, -0.2) is 0 Å². The first kappa shape index (κ1) is 14.3. The van der Waals surface area contributed by atoms with Crippen LogP contribution >= 0.6 is 0 Å². The molecule has 22 heavy (non-hydrogen) atoms. The van der Waals surface area contributed by atoms with Crippen LogP contribution in [0.25, 0.3) is 5.76 Å². The molecule has 0 saturated heterocycles. The van der Waals surface area contributed by atoms with Gasteiger partial charge in [-0.15, -0.1) is 0 Å². The number of ether oxygens (including phenoxy) is 4. The molecule has 114 valence electrons. The molecule has 4 nitrogen and oxygen atoms in total. The van der Waals surface area contributed by atoms with Crippen LogP contribution in [-0.2, 0) is 6.42 Å². The Morgan fingerprint density at radius 1 is 0.909 bits per heavy atom. The first-order valence-corrected chi connectivity index (χ1v) is 7.03. The van der Waals surface area contributed by atoms with E-state index in [0.717, 1.165) is 22.6 Å². The summed E-state index contributed by atoms with van der Waals surface area (Å²) in [5, 5.41) is 0. The average molecular weight is 298 g/mol. The lowest BCUT2D eigenvalue weighted by atomic mass is 10.0. The maximum absolute atomic E-state index is 6.10. The molecule has 1 heterocycles. The van der Waals surface area contributed by atoms with E-state index >= 15 is 0 Å². The van der Waals surface area contributed by atoms with Gasteiger partial charge in [0.15, 0.2) is 11.5 Å². The summed E-state index contributed by atoms with van der Waals surface area (Å²) < 4.78 is 22.4. The van der Waals surface area contributed by atoms with Gasteiger partial charge in [0.2, 0.25) is 5.75 Å². The number of fused-ring (bicyclic) bond motifs is 1. The van der Waals surface area contributed by atoms with E-state index in [1.807, 2.05) is 42.5 Å². The monoisotopic (exact) mass is 298 g/mol. The highest BCUT2D eigenvalue weighted by atomic mass is 16.5. The lowest BCUT2D eigenvalue weighted by Crippen LogP contribution is -2.08. The zero-order valence-electron chi connectivity index (χ0n) is 12.9. The van der Waals surface area contributed by atoms with Crippen molar-refractivity contribution in [3.8, 4) is 23.0 Å². The second kappa shape index (κ2) is 6.02. The highest BCUT2D eigenvalue weighted by Crippen LogP contribution is 2.48. The van der Waals surface area contributed by atoms with Crippen LogP contribution in [0.2, 0.25) is 0 Å². The van der Waals surface area contributed by atoms with Crippen molar-refractivity contribution in [3.05, 3.63) is 53.6 Å². The predicted molar refractivity (Wildman–Crippen MR) is 84.8 cm³/mol. The molecule has 0 aromatic heterocycles. The number of benzene rings is 2. The molecule has 0 radical (unpaired) electrons. The van der Waals surface area contributed by atoms with E-state index < -0.39 is 0 Å². The summed E-state index contributed by atoms with van der Waals surface area (Å²) in [5.41, 5.74) is 1.98. The third kappa shape index (κ3) is 2.37. The zero-order valence-corrected chi connectivity index (χ0v) is 12.9. The van der Waals surface area contributed by atoms with Crippen molar-refractivity contribution >= 4 is 5.76 Å². The number of hydrogen-bond acceptors (Lipinski definition) is 4. The minimum atomic E-state index is 0.583. The topological polar surface area (TPSA) is 36.9 Å². The van der Waals surface area contributed by atoms with Gasteiger partial charge in [-0.2, -0.15) is 0 Å². The Morgan fingerprint density at radius 2 is 1.64 bits per heavy atom. The number of allylic oxidation sites excluding steroid dienone is 1. The zero-order chi connectivity index (χ0) is 15.5. The van der Waals surface area contributed by atoms with Gasteiger partial charge in [0, 0.05) is 23.6 Å². The van der Waals surface area contributed by atoms with Crippen molar-refractivity contribution < 1.29 is 18.9 Å². The van der Waals surface area contributed by atoms with Crippen molar-refractivity contribution in [2.24, 2.45) is 0 Å². The summed E-state index contributed by atoms with van der Waals surface area (Å²) in [6, 6.07) is 11.8. The Balaban J connectivity index is 2.09. The van der Waals surface area contributed by atoms with Gasteiger partial charge < -0.3 is 18.9 Å². The third-order valence-corrected chi connectivity index (χ3v) is 3.67. The van der Waals surface area contributed by atoms with Gasteiger partial charge in [0.05, 0.1) is 21.3 Å². The molecule has 1 aliphatic heterocycles. The Labute approximate surface area is 129 Å². The molecule has 2 aromatic rings. The molecule has 2 aromatic carbocycles. The minimum Gasteiger partial charge on any atom is -0.496 e. The third-order valence-electron chi connectivity index (χ3n) is 3.67. The average Bonchev–Trinajstić information content (AvgIpc) is 2.60. The second-order valence-electron chi connectivity index (χ2n) is 4.86. The van der Waals surface area contributed by atoms with Gasteiger partial charge in [0.1, 0.15) is 11.5 Å². The fourth-order valence-electron chi connectivity index (χ4n) is 2.59. The quantitative estimate of drug-likeness (QED) is 0.862. The highest BCUT2D eigenvalue weighted by molar-refractivity contribution is 5.71. The van der Waals surface area contributed by atoms with Crippen LogP contribution in [0.1, 0.15) is 11.1 Å². The Kier molecular flexibility index (Phi) is 3.92. The molecule has 0 unspecified atom stereocenters. The number of rotatable bonds is 4. The van der Waals surface area contributed by atoms with E-state index in [2.05, 4.69) is 0 Å². The normalized spacial score (nSPS) is 12.8. The molecule has 3 rings (SSSR count). The lowest BCUT2D eigenvalue weighted by molar-refractivity contribution is 0.329. The first-order chi connectivity index (χ1) is 10.8. The van der Waals surface area contributed by atoms with Crippen LogP contribution < -0.4 is 18.9 Å². The number of hydrogen-bond donors (Lipinski definition) is 0. The van der Waals surface area contributed by atoms with Gasteiger partial charge in [-0.1, -0.05) is 30.3 Å². The molecule has 4 heteroatoms. The largest absolute Gasteiger partial charge is 0.496 e. The summed E-state index contributed by atoms with van der Waals surface area (Å²) in [6.45, 7) is 0. The van der Waals surface area contributed by atoms with Gasteiger partial charge in [-0.05, 0) is 6.08 Å². The van der Waals surface area contributed by atoms with Gasteiger partial charge in [0.25, 0.3) is 0 Å². The van der Waals surface area contributed by atoms with Crippen LogP contribution in [0.3, 0.4) is 0 Å². The van der Waals surface area contributed by atoms with Gasteiger partial charge >= 0.3 is 0 Å². The first-order valence-electron chi connectivity index (χ1n) is 7.03.